The number of nitrogens with zero attached hydrogens (tertiary/aromatic N) is 2. The summed E-state index contributed by atoms with van der Waals surface area (Å²) in [6.45, 7) is 8.73. The van der Waals surface area contributed by atoms with Crippen molar-refractivity contribution >= 4 is 12.0 Å². The molecule has 2 amide bonds. The second kappa shape index (κ2) is 7.09. The Balaban J connectivity index is 2.48. The fourth-order valence-electron chi connectivity index (χ4n) is 2.36. The van der Waals surface area contributed by atoms with Gasteiger partial charge in [-0.15, -0.1) is 0 Å². The first-order valence-corrected chi connectivity index (χ1v) is 7.27. The number of carboxylic acids is 1. The van der Waals surface area contributed by atoms with E-state index in [0.717, 1.165) is 19.6 Å². The van der Waals surface area contributed by atoms with Gasteiger partial charge in [0.1, 0.15) is 6.04 Å². The van der Waals surface area contributed by atoms with E-state index in [9.17, 15) is 14.7 Å². The summed E-state index contributed by atoms with van der Waals surface area (Å²) in [7, 11) is 4.09. The van der Waals surface area contributed by atoms with Gasteiger partial charge >= 0.3 is 12.0 Å². The summed E-state index contributed by atoms with van der Waals surface area (Å²) < 4.78 is 0. The Kier molecular flexibility index (Phi) is 5.98. The lowest BCUT2D eigenvalue weighted by Gasteiger charge is -2.37. The van der Waals surface area contributed by atoms with Gasteiger partial charge in [-0.3, -0.25) is 4.90 Å². The van der Waals surface area contributed by atoms with Gasteiger partial charge in [-0.25, -0.2) is 9.59 Å². The SMILES string of the molecule is CN1CCN(C)C(CNC(=O)N[C@@H](C(=O)O)C(C)(C)C)C1. The molecular weight excluding hydrogens is 272 g/mol. The molecule has 0 bridgehead atoms. The van der Waals surface area contributed by atoms with Crippen LogP contribution in [-0.2, 0) is 4.79 Å². The molecule has 1 aliphatic heterocycles. The molecule has 1 saturated heterocycles. The zero-order valence-corrected chi connectivity index (χ0v) is 13.6. The summed E-state index contributed by atoms with van der Waals surface area (Å²) in [6.07, 6.45) is 0. The number of carboxylic acid groups (broad SMARTS) is 1. The van der Waals surface area contributed by atoms with E-state index < -0.39 is 23.5 Å². The first-order valence-electron chi connectivity index (χ1n) is 7.27. The highest BCUT2D eigenvalue weighted by atomic mass is 16.4. The van der Waals surface area contributed by atoms with E-state index in [0.29, 0.717) is 6.54 Å². The Morgan fingerprint density at radius 3 is 2.43 bits per heavy atom. The number of carbonyl (C=O) groups excluding carboxylic acids is 1. The third kappa shape index (κ3) is 5.51. The Labute approximate surface area is 126 Å². The van der Waals surface area contributed by atoms with Crippen molar-refractivity contribution in [2.75, 3.05) is 40.3 Å². The van der Waals surface area contributed by atoms with Gasteiger partial charge in [-0.1, -0.05) is 20.8 Å². The molecule has 7 nitrogen and oxygen atoms in total. The third-order valence-corrected chi connectivity index (χ3v) is 3.87. The average molecular weight is 300 g/mol. The van der Waals surface area contributed by atoms with Gasteiger partial charge in [0.15, 0.2) is 0 Å². The van der Waals surface area contributed by atoms with Crippen molar-refractivity contribution in [2.45, 2.75) is 32.9 Å². The van der Waals surface area contributed by atoms with Crippen molar-refractivity contribution in [1.29, 1.82) is 0 Å². The number of piperazine rings is 1. The van der Waals surface area contributed by atoms with E-state index in [4.69, 9.17) is 0 Å². The van der Waals surface area contributed by atoms with Crippen LogP contribution in [0.4, 0.5) is 4.79 Å². The van der Waals surface area contributed by atoms with Crippen molar-refractivity contribution in [3.8, 4) is 0 Å². The number of hydrogen-bond donors (Lipinski definition) is 3. The largest absolute Gasteiger partial charge is 0.480 e. The number of rotatable bonds is 4. The summed E-state index contributed by atoms with van der Waals surface area (Å²) in [4.78, 5) is 27.6. The predicted molar refractivity (Wildman–Crippen MR) is 81.3 cm³/mol. The number of urea groups is 1. The summed E-state index contributed by atoms with van der Waals surface area (Å²) in [5.41, 5.74) is -0.537. The van der Waals surface area contributed by atoms with Crippen LogP contribution in [0.25, 0.3) is 0 Å². The first-order chi connectivity index (χ1) is 9.61. The number of hydrogen-bond acceptors (Lipinski definition) is 4. The minimum atomic E-state index is -1.02. The molecule has 0 aromatic carbocycles. The zero-order chi connectivity index (χ0) is 16.2. The molecule has 0 spiro atoms. The van der Waals surface area contributed by atoms with Gasteiger partial charge in [-0.05, 0) is 19.5 Å². The van der Waals surface area contributed by atoms with Crippen LogP contribution in [0.1, 0.15) is 20.8 Å². The Morgan fingerprint density at radius 2 is 1.90 bits per heavy atom. The van der Waals surface area contributed by atoms with Gasteiger partial charge in [0, 0.05) is 32.2 Å². The van der Waals surface area contributed by atoms with E-state index in [1.54, 1.807) is 20.8 Å². The molecule has 1 unspecified atom stereocenters. The molecule has 0 aromatic rings. The first kappa shape index (κ1) is 17.7. The van der Waals surface area contributed by atoms with Gasteiger partial charge in [-0.2, -0.15) is 0 Å². The Morgan fingerprint density at radius 1 is 1.29 bits per heavy atom. The van der Waals surface area contributed by atoms with Crippen molar-refractivity contribution in [2.24, 2.45) is 5.41 Å². The van der Waals surface area contributed by atoms with E-state index in [-0.39, 0.29) is 6.04 Å². The normalized spacial score (nSPS) is 22.6. The van der Waals surface area contributed by atoms with E-state index in [2.05, 4.69) is 27.5 Å². The number of carbonyl (C=O) groups is 2. The van der Waals surface area contributed by atoms with Crippen LogP contribution in [0.15, 0.2) is 0 Å². The predicted octanol–water partition coefficient (Wildman–Crippen LogP) is 0.0307. The van der Waals surface area contributed by atoms with Crippen LogP contribution >= 0.6 is 0 Å². The minimum Gasteiger partial charge on any atom is -0.480 e. The molecule has 1 fully saturated rings. The van der Waals surface area contributed by atoms with Gasteiger partial charge in [0.2, 0.25) is 0 Å². The van der Waals surface area contributed by atoms with Gasteiger partial charge < -0.3 is 20.6 Å². The number of nitrogens with one attached hydrogen (secondary N) is 2. The second-order valence-corrected chi connectivity index (χ2v) is 6.89. The summed E-state index contributed by atoms with van der Waals surface area (Å²) in [5.74, 6) is -1.02. The van der Waals surface area contributed by atoms with Crippen LogP contribution in [0.2, 0.25) is 0 Å². The lowest BCUT2D eigenvalue weighted by atomic mass is 9.87. The maximum Gasteiger partial charge on any atom is 0.326 e. The average Bonchev–Trinajstić information content (AvgIpc) is 2.35. The fraction of sp³-hybridized carbons (Fsp3) is 0.857. The minimum absolute atomic E-state index is 0.243. The highest BCUT2D eigenvalue weighted by Crippen LogP contribution is 2.19. The fourth-order valence-corrected chi connectivity index (χ4v) is 2.36. The van der Waals surface area contributed by atoms with Crippen LogP contribution < -0.4 is 10.6 Å². The molecule has 21 heavy (non-hydrogen) atoms. The molecule has 3 N–H and O–H groups in total. The quantitative estimate of drug-likeness (QED) is 0.682. The van der Waals surface area contributed by atoms with Crippen molar-refractivity contribution in [1.82, 2.24) is 20.4 Å². The topological polar surface area (TPSA) is 84.9 Å². The molecule has 0 radical (unpaired) electrons. The molecule has 2 atom stereocenters. The number of aliphatic carboxylic acids is 1. The molecule has 0 aromatic heterocycles. The molecule has 122 valence electrons. The summed E-state index contributed by atoms with van der Waals surface area (Å²) >= 11 is 0. The van der Waals surface area contributed by atoms with E-state index >= 15 is 0 Å². The molecule has 0 saturated carbocycles. The maximum absolute atomic E-state index is 11.9. The molecule has 0 aliphatic carbocycles. The van der Waals surface area contributed by atoms with E-state index in [1.165, 1.54) is 0 Å². The lowest BCUT2D eigenvalue weighted by molar-refractivity contribution is -0.141. The highest BCUT2D eigenvalue weighted by Gasteiger charge is 2.32. The standard InChI is InChI=1S/C14H28N4O3/c1-14(2,3)11(12(19)20)16-13(21)15-8-10-9-17(4)6-7-18(10)5/h10-11H,6-9H2,1-5H3,(H,19,20)(H2,15,16,21)/t10?,11-/m0/s1. The van der Waals surface area contributed by atoms with Crippen molar-refractivity contribution in [3.63, 3.8) is 0 Å². The number of amides is 2. The monoisotopic (exact) mass is 300 g/mol. The number of likely N-dealkylation sites (N-methyl/N-ethyl adjacent to an activating group) is 2. The molecule has 7 heteroatoms. The second-order valence-electron chi connectivity index (χ2n) is 6.89. The highest BCUT2D eigenvalue weighted by molar-refractivity contribution is 5.83. The molecule has 1 heterocycles. The molecule has 1 aliphatic rings. The van der Waals surface area contributed by atoms with Crippen LogP contribution in [0, 0.1) is 5.41 Å². The molecular formula is C14H28N4O3. The van der Waals surface area contributed by atoms with Crippen molar-refractivity contribution < 1.29 is 14.7 Å². The summed E-state index contributed by atoms with van der Waals surface area (Å²) in [6, 6.07) is -1.10. The van der Waals surface area contributed by atoms with Gasteiger partial charge in [0.05, 0.1) is 0 Å². The Bertz CT molecular complexity index is 381. The molecule has 1 rings (SSSR count). The van der Waals surface area contributed by atoms with Crippen molar-refractivity contribution in [3.05, 3.63) is 0 Å². The Hall–Kier alpha value is -1.34. The van der Waals surface area contributed by atoms with Gasteiger partial charge in [0.25, 0.3) is 0 Å². The maximum atomic E-state index is 11.9. The smallest absolute Gasteiger partial charge is 0.326 e. The zero-order valence-electron chi connectivity index (χ0n) is 13.6. The van der Waals surface area contributed by atoms with E-state index in [1.807, 2.05) is 7.05 Å². The third-order valence-electron chi connectivity index (χ3n) is 3.87. The lowest BCUT2D eigenvalue weighted by Crippen LogP contribution is -2.57. The van der Waals surface area contributed by atoms with Crippen LogP contribution in [0.3, 0.4) is 0 Å². The van der Waals surface area contributed by atoms with Crippen LogP contribution in [-0.4, -0.2) is 79.3 Å². The van der Waals surface area contributed by atoms with Crippen LogP contribution in [0.5, 0.6) is 0 Å². The summed E-state index contributed by atoms with van der Waals surface area (Å²) in [5, 5.41) is 14.5.